The monoisotopic (exact) mass is 450 g/mol. The molecule has 2 aliphatic rings. The van der Waals surface area contributed by atoms with Gasteiger partial charge < -0.3 is 20.1 Å². The second kappa shape index (κ2) is 9.25. The summed E-state index contributed by atoms with van der Waals surface area (Å²) >= 11 is 0. The molecule has 2 amide bonds. The fourth-order valence-corrected chi connectivity index (χ4v) is 5.06. The summed E-state index contributed by atoms with van der Waals surface area (Å²) in [5, 5.41) is 12.3. The number of nitrogens with one attached hydrogen (secondary N) is 1. The average Bonchev–Trinajstić information content (AvgIpc) is 3.36. The third-order valence-corrected chi connectivity index (χ3v) is 6.88. The second-order valence-corrected chi connectivity index (χ2v) is 8.98. The van der Waals surface area contributed by atoms with Crippen LogP contribution in [0.25, 0.3) is 11.1 Å². The van der Waals surface area contributed by atoms with Crippen LogP contribution < -0.4 is 5.32 Å². The average molecular weight is 451 g/mol. The maximum absolute atomic E-state index is 13.2. The quantitative estimate of drug-likeness (QED) is 0.660. The van der Waals surface area contributed by atoms with Crippen molar-refractivity contribution in [1.82, 2.24) is 10.2 Å². The lowest BCUT2D eigenvalue weighted by molar-refractivity contribution is -0.156. The summed E-state index contributed by atoms with van der Waals surface area (Å²) in [5.41, 5.74) is 3.27. The molecular formula is C26H30N2O5. The molecule has 4 rings (SSSR count). The molecule has 2 aromatic carbocycles. The van der Waals surface area contributed by atoms with E-state index in [1.807, 2.05) is 43.3 Å². The van der Waals surface area contributed by atoms with Gasteiger partial charge in [-0.2, -0.15) is 0 Å². The van der Waals surface area contributed by atoms with E-state index in [1.165, 1.54) is 4.90 Å². The predicted octanol–water partition coefficient (Wildman–Crippen LogP) is 4.16. The minimum Gasteiger partial charge on any atom is -0.480 e. The highest BCUT2D eigenvalue weighted by molar-refractivity contribution is 5.91. The standard InChI is InChI=1S/C26H30N2O5/c1-3-9-22(23(29)28-15-8-14-26(28,2)24(30)31)27-25(32)33-16-21-19-12-6-4-10-17(19)18-11-5-7-13-20(18)21/h4-7,10-13,21-22H,3,8-9,14-16H2,1-2H3,(H,27,32)(H,30,31)/t22-,26+/m1/s1. The van der Waals surface area contributed by atoms with Gasteiger partial charge in [-0.1, -0.05) is 61.9 Å². The first-order valence-electron chi connectivity index (χ1n) is 11.5. The third-order valence-electron chi connectivity index (χ3n) is 6.88. The number of rotatable bonds is 7. The summed E-state index contributed by atoms with van der Waals surface area (Å²) in [6, 6.07) is 15.4. The van der Waals surface area contributed by atoms with Crippen molar-refractivity contribution < 1.29 is 24.2 Å². The van der Waals surface area contributed by atoms with E-state index < -0.39 is 23.6 Å². The molecule has 0 radical (unpaired) electrons. The molecule has 2 atom stereocenters. The van der Waals surface area contributed by atoms with Crippen molar-refractivity contribution in [2.45, 2.75) is 57.0 Å². The molecular weight excluding hydrogens is 420 g/mol. The Morgan fingerprint density at radius 3 is 2.30 bits per heavy atom. The first-order chi connectivity index (χ1) is 15.9. The van der Waals surface area contributed by atoms with E-state index in [2.05, 4.69) is 17.4 Å². The lowest BCUT2D eigenvalue weighted by Gasteiger charge is -2.34. The van der Waals surface area contributed by atoms with Crippen LogP contribution >= 0.6 is 0 Å². The van der Waals surface area contributed by atoms with Crippen molar-refractivity contribution in [3.8, 4) is 11.1 Å². The van der Waals surface area contributed by atoms with Crippen LogP contribution in [-0.4, -0.2) is 52.7 Å². The van der Waals surface area contributed by atoms with Crippen LogP contribution in [0.5, 0.6) is 0 Å². The van der Waals surface area contributed by atoms with Gasteiger partial charge in [0.2, 0.25) is 5.91 Å². The summed E-state index contributed by atoms with van der Waals surface area (Å²) in [4.78, 5) is 39.0. The summed E-state index contributed by atoms with van der Waals surface area (Å²) in [6.07, 6.45) is 1.43. The summed E-state index contributed by atoms with van der Waals surface area (Å²) < 4.78 is 5.59. The van der Waals surface area contributed by atoms with E-state index in [0.29, 0.717) is 32.2 Å². The van der Waals surface area contributed by atoms with Gasteiger partial charge in [-0.25, -0.2) is 9.59 Å². The van der Waals surface area contributed by atoms with Crippen LogP contribution in [0, 0.1) is 0 Å². The Morgan fingerprint density at radius 1 is 1.12 bits per heavy atom. The predicted molar refractivity (Wildman–Crippen MR) is 124 cm³/mol. The van der Waals surface area contributed by atoms with Gasteiger partial charge in [0.25, 0.3) is 0 Å². The number of hydrogen-bond donors (Lipinski definition) is 2. The zero-order valence-electron chi connectivity index (χ0n) is 19.0. The van der Waals surface area contributed by atoms with Gasteiger partial charge in [-0.05, 0) is 48.4 Å². The number of ether oxygens (including phenoxy) is 1. The minimum absolute atomic E-state index is 0.0719. The Labute approximate surface area is 193 Å². The van der Waals surface area contributed by atoms with Crippen molar-refractivity contribution in [3.05, 3.63) is 59.7 Å². The van der Waals surface area contributed by atoms with E-state index in [0.717, 1.165) is 22.3 Å². The normalized spacial score (nSPS) is 20.1. The van der Waals surface area contributed by atoms with Gasteiger partial charge in [0.1, 0.15) is 18.2 Å². The van der Waals surface area contributed by atoms with Crippen LogP contribution in [-0.2, 0) is 14.3 Å². The number of nitrogens with zero attached hydrogens (tertiary/aromatic N) is 1. The fraction of sp³-hybridized carbons (Fsp3) is 0.423. The minimum atomic E-state index is -1.24. The van der Waals surface area contributed by atoms with Gasteiger partial charge in [-0.3, -0.25) is 4.79 Å². The first-order valence-corrected chi connectivity index (χ1v) is 11.5. The number of aliphatic carboxylic acids is 1. The van der Waals surface area contributed by atoms with E-state index in [1.54, 1.807) is 6.92 Å². The van der Waals surface area contributed by atoms with Crippen LogP contribution in [0.15, 0.2) is 48.5 Å². The topological polar surface area (TPSA) is 95.9 Å². The van der Waals surface area contributed by atoms with Gasteiger partial charge >= 0.3 is 12.1 Å². The molecule has 174 valence electrons. The van der Waals surface area contributed by atoms with Crippen LogP contribution in [0.4, 0.5) is 4.79 Å². The molecule has 2 N–H and O–H groups in total. The van der Waals surface area contributed by atoms with Crippen LogP contribution in [0.2, 0.25) is 0 Å². The lowest BCUT2D eigenvalue weighted by atomic mass is 9.98. The zero-order valence-corrected chi connectivity index (χ0v) is 19.0. The molecule has 1 aliphatic heterocycles. The van der Waals surface area contributed by atoms with E-state index in [-0.39, 0.29) is 18.4 Å². The number of amides is 2. The number of hydrogen-bond acceptors (Lipinski definition) is 4. The van der Waals surface area contributed by atoms with Gasteiger partial charge in [0.05, 0.1) is 0 Å². The van der Waals surface area contributed by atoms with Gasteiger partial charge in [0, 0.05) is 12.5 Å². The number of alkyl carbamates (subject to hydrolysis) is 1. The number of carbonyl (C=O) groups is 3. The highest BCUT2D eigenvalue weighted by Crippen LogP contribution is 2.44. The number of carbonyl (C=O) groups excluding carboxylic acids is 2. The van der Waals surface area contributed by atoms with Crippen molar-refractivity contribution in [1.29, 1.82) is 0 Å². The molecule has 7 nitrogen and oxygen atoms in total. The smallest absolute Gasteiger partial charge is 0.407 e. The Hall–Kier alpha value is -3.35. The molecule has 1 aliphatic carbocycles. The Morgan fingerprint density at radius 2 is 1.73 bits per heavy atom. The maximum Gasteiger partial charge on any atom is 0.407 e. The number of carboxylic acid groups (broad SMARTS) is 1. The molecule has 0 spiro atoms. The molecule has 1 fully saturated rings. The number of likely N-dealkylation sites (tertiary alicyclic amines) is 1. The fourth-order valence-electron chi connectivity index (χ4n) is 5.06. The van der Waals surface area contributed by atoms with E-state index in [4.69, 9.17) is 4.74 Å². The van der Waals surface area contributed by atoms with Gasteiger partial charge in [0.15, 0.2) is 0 Å². The Kier molecular flexibility index (Phi) is 6.40. The zero-order chi connectivity index (χ0) is 23.6. The van der Waals surface area contributed by atoms with Crippen molar-refractivity contribution in [3.63, 3.8) is 0 Å². The molecule has 7 heteroatoms. The second-order valence-electron chi connectivity index (χ2n) is 8.98. The van der Waals surface area contributed by atoms with E-state index in [9.17, 15) is 19.5 Å². The number of fused-ring (bicyclic) bond motifs is 3. The highest BCUT2D eigenvalue weighted by atomic mass is 16.5. The summed E-state index contributed by atoms with van der Waals surface area (Å²) in [5.74, 6) is -1.46. The molecule has 1 heterocycles. The summed E-state index contributed by atoms with van der Waals surface area (Å²) in [7, 11) is 0. The molecule has 0 bridgehead atoms. The van der Waals surface area contributed by atoms with E-state index >= 15 is 0 Å². The highest BCUT2D eigenvalue weighted by Gasteiger charge is 2.47. The molecule has 33 heavy (non-hydrogen) atoms. The third kappa shape index (κ3) is 4.19. The SMILES string of the molecule is CCC[C@@H](NC(=O)OCC1c2ccccc2-c2ccccc21)C(=O)N1CCC[C@@]1(C)C(=O)O. The van der Waals surface area contributed by atoms with Crippen LogP contribution in [0.3, 0.4) is 0 Å². The van der Waals surface area contributed by atoms with Crippen molar-refractivity contribution in [2.24, 2.45) is 0 Å². The van der Waals surface area contributed by atoms with Crippen molar-refractivity contribution >= 4 is 18.0 Å². The van der Waals surface area contributed by atoms with Crippen molar-refractivity contribution in [2.75, 3.05) is 13.2 Å². The molecule has 0 saturated carbocycles. The lowest BCUT2D eigenvalue weighted by Crippen LogP contribution is -2.57. The maximum atomic E-state index is 13.2. The van der Waals surface area contributed by atoms with Crippen LogP contribution in [0.1, 0.15) is 56.6 Å². The molecule has 0 aromatic heterocycles. The number of carboxylic acids is 1. The molecule has 0 unspecified atom stereocenters. The largest absolute Gasteiger partial charge is 0.480 e. The first kappa shape index (κ1) is 22.8. The summed E-state index contributed by atoms with van der Waals surface area (Å²) in [6.45, 7) is 4.01. The Bertz CT molecular complexity index is 1020. The number of benzene rings is 2. The van der Waals surface area contributed by atoms with Gasteiger partial charge in [-0.15, -0.1) is 0 Å². The molecule has 1 saturated heterocycles. The Balaban J connectivity index is 1.44. The molecule has 2 aromatic rings.